The van der Waals surface area contributed by atoms with Crippen molar-refractivity contribution in [2.24, 2.45) is 0 Å². The van der Waals surface area contributed by atoms with Crippen LogP contribution in [0.4, 0.5) is 4.79 Å². The van der Waals surface area contributed by atoms with Crippen molar-refractivity contribution in [3.8, 4) is 0 Å². The van der Waals surface area contributed by atoms with Gasteiger partial charge in [-0.1, -0.05) is 11.6 Å². The highest BCUT2D eigenvalue weighted by atomic mass is 35.5. The zero-order chi connectivity index (χ0) is 22.0. The quantitative estimate of drug-likeness (QED) is 0.653. The summed E-state index contributed by atoms with van der Waals surface area (Å²) in [5.41, 5.74) is 1.54. The van der Waals surface area contributed by atoms with E-state index < -0.39 is 17.9 Å². The zero-order valence-corrected chi connectivity index (χ0v) is 18.0. The average Bonchev–Trinajstić information content (AvgIpc) is 3.40. The third-order valence-electron chi connectivity index (χ3n) is 5.89. The van der Waals surface area contributed by atoms with E-state index in [1.54, 1.807) is 12.1 Å². The molecule has 0 aliphatic carbocycles. The van der Waals surface area contributed by atoms with Crippen molar-refractivity contribution in [2.45, 2.75) is 32.2 Å². The molecule has 0 aromatic heterocycles. The monoisotopic (exact) mass is 448 g/mol. The Hall–Kier alpha value is -2.65. The predicted octanol–water partition coefficient (Wildman–Crippen LogP) is 1.89. The number of carbonyl (C=O) groups is 4. The SMILES string of the molecule is O=C(ON1C(=O)CCC1=O)N1CCN(Cc2cc(Cl)ccc2C(=O)N2CCCC2)CC1. The second kappa shape index (κ2) is 9.23. The van der Waals surface area contributed by atoms with Crippen LogP contribution in [-0.4, -0.2) is 82.8 Å². The van der Waals surface area contributed by atoms with Gasteiger partial charge in [0.15, 0.2) is 0 Å². The Balaban J connectivity index is 1.35. The van der Waals surface area contributed by atoms with E-state index in [1.807, 2.05) is 11.0 Å². The topological polar surface area (TPSA) is 90.5 Å². The molecule has 0 saturated carbocycles. The Bertz CT molecular complexity index is 878. The lowest BCUT2D eigenvalue weighted by Crippen LogP contribution is -2.50. The smallest absolute Gasteiger partial charge is 0.339 e. The van der Waals surface area contributed by atoms with Crippen molar-refractivity contribution in [1.29, 1.82) is 0 Å². The van der Waals surface area contributed by atoms with Gasteiger partial charge in [0, 0.05) is 69.2 Å². The average molecular weight is 449 g/mol. The number of amides is 4. The summed E-state index contributed by atoms with van der Waals surface area (Å²) in [5.74, 6) is -0.951. The van der Waals surface area contributed by atoms with Gasteiger partial charge >= 0.3 is 6.09 Å². The van der Waals surface area contributed by atoms with Crippen LogP contribution in [0.5, 0.6) is 0 Å². The van der Waals surface area contributed by atoms with E-state index in [-0.39, 0.29) is 18.7 Å². The van der Waals surface area contributed by atoms with Gasteiger partial charge in [0.25, 0.3) is 17.7 Å². The number of halogens is 1. The third kappa shape index (κ3) is 4.83. The first-order valence-electron chi connectivity index (χ1n) is 10.5. The minimum atomic E-state index is -0.698. The van der Waals surface area contributed by atoms with Gasteiger partial charge in [-0.25, -0.2) is 4.79 Å². The van der Waals surface area contributed by atoms with Gasteiger partial charge in [-0.05, 0) is 36.6 Å². The molecule has 10 heteroatoms. The Labute approximate surface area is 185 Å². The fraction of sp³-hybridized carbons (Fsp3) is 0.524. The first-order valence-corrected chi connectivity index (χ1v) is 10.9. The third-order valence-corrected chi connectivity index (χ3v) is 6.13. The van der Waals surface area contributed by atoms with Crippen molar-refractivity contribution >= 4 is 35.4 Å². The van der Waals surface area contributed by atoms with Crippen LogP contribution in [0.1, 0.15) is 41.6 Å². The van der Waals surface area contributed by atoms with Crippen molar-refractivity contribution in [1.82, 2.24) is 19.8 Å². The van der Waals surface area contributed by atoms with E-state index in [0.29, 0.717) is 48.4 Å². The number of hydrogen-bond donors (Lipinski definition) is 0. The second-order valence-corrected chi connectivity index (χ2v) is 8.44. The fourth-order valence-corrected chi connectivity index (χ4v) is 4.31. The molecule has 0 N–H and O–H groups in total. The summed E-state index contributed by atoms with van der Waals surface area (Å²) < 4.78 is 0. The summed E-state index contributed by atoms with van der Waals surface area (Å²) >= 11 is 6.20. The number of imide groups is 1. The maximum atomic E-state index is 12.9. The molecule has 0 bridgehead atoms. The number of rotatable bonds is 4. The molecule has 3 aliphatic rings. The molecule has 9 nitrogen and oxygen atoms in total. The number of carbonyl (C=O) groups excluding carboxylic acids is 4. The normalized spacial score (nSPS) is 20.0. The highest BCUT2D eigenvalue weighted by Gasteiger charge is 2.35. The molecule has 3 heterocycles. The zero-order valence-electron chi connectivity index (χ0n) is 17.2. The van der Waals surface area contributed by atoms with E-state index in [9.17, 15) is 19.2 Å². The minimum absolute atomic E-state index is 0.0336. The van der Waals surface area contributed by atoms with Crippen LogP contribution in [-0.2, 0) is 21.0 Å². The van der Waals surface area contributed by atoms with Crippen molar-refractivity contribution < 1.29 is 24.0 Å². The minimum Gasteiger partial charge on any atom is -0.339 e. The lowest BCUT2D eigenvalue weighted by Gasteiger charge is -2.34. The number of piperazine rings is 1. The number of likely N-dealkylation sites (tertiary alicyclic amines) is 1. The molecule has 0 unspecified atom stereocenters. The Morgan fingerprint density at radius 2 is 1.55 bits per heavy atom. The molecule has 4 rings (SSSR count). The van der Waals surface area contributed by atoms with Gasteiger partial charge in [-0.15, -0.1) is 5.06 Å². The van der Waals surface area contributed by atoms with Crippen LogP contribution in [0.15, 0.2) is 18.2 Å². The van der Waals surface area contributed by atoms with Crippen LogP contribution in [0.3, 0.4) is 0 Å². The van der Waals surface area contributed by atoms with E-state index >= 15 is 0 Å². The number of hydrogen-bond acceptors (Lipinski definition) is 6. The van der Waals surface area contributed by atoms with Crippen molar-refractivity contribution in [2.75, 3.05) is 39.3 Å². The number of benzene rings is 1. The molecule has 166 valence electrons. The van der Waals surface area contributed by atoms with Gasteiger partial charge < -0.3 is 14.6 Å². The van der Waals surface area contributed by atoms with Crippen molar-refractivity contribution in [3.05, 3.63) is 34.3 Å². The molecular weight excluding hydrogens is 424 g/mol. The summed E-state index contributed by atoms with van der Waals surface area (Å²) in [7, 11) is 0. The Kier molecular flexibility index (Phi) is 6.43. The van der Waals surface area contributed by atoms with Crippen LogP contribution >= 0.6 is 11.6 Å². The van der Waals surface area contributed by atoms with Crippen molar-refractivity contribution in [3.63, 3.8) is 0 Å². The number of hydroxylamine groups is 2. The molecule has 1 aromatic carbocycles. The lowest BCUT2D eigenvalue weighted by atomic mass is 10.1. The molecule has 0 spiro atoms. The summed E-state index contributed by atoms with van der Waals surface area (Å²) in [6.45, 7) is 4.03. The summed E-state index contributed by atoms with van der Waals surface area (Å²) in [6.07, 6.45) is 1.49. The summed E-state index contributed by atoms with van der Waals surface area (Å²) in [5, 5.41) is 1.15. The molecular formula is C21H25ClN4O5. The highest BCUT2D eigenvalue weighted by molar-refractivity contribution is 6.30. The molecule has 1 aromatic rings. The molecule has 3 saturated heterocycles. The first-order chi connectivity index (χ1) is 14.9. The largest absolute Gasteiger partial charge is 0.434 e. The van der Waals surface area contributed by atoms with E-state index in [0.717, 1.165) is 31.5 Å². The van der Waals surface area contributed by atoms with Crippen LogP contribution < -0.4 is 0 Å². The highest BCUT2D eigenvalue weighted by Crippen LogP contribution is 2.22. The first kappa shape index (κ1) is 21.6. The van der Waals surface area contributed by atoms with E-state index in [1.165, 1.54) is 4.90 Å². The lowest BCUT2D eigenvalue weighted by molar-refractivity contribution is -0.174. The predicted molar refractivity (Wildman–Crippen MR) is 111 cm³/mol. The summed E-state index contributed by atoms with van der Waals surface area (Å²) in [4.78, 5) is 59.0. The Morgan fingerprint density at radius 1 is 0.903 bits per heavy atom. The van der Waals surface area contributed by atoms with E-state index in [4.69, 9.17) is 16.4 Å². The second-order valence-electron chi connectivity index (χ2n) is 8.00. The van der Waals surface area contributed by atoms with Crippen LogP contribution in [0.2, 0.25) is 5.02 Å². The van der Waals surface area contributed by atoms with E-state index in [2.05, 4.69) is 4.90 Å². The maximum Gasteiger partial charge on any atom is 0.434 e. The molecule has 3 fully saturated rings. The maximum absolute atomic E-state index is 12.9. The van der Waals surface area contributed by atoms with Gasteiger partial charge in [-0.2, -0.15) is 0 Å². The van der Waals surface area contributed by atoms with Gasteiger partial charge in [0.05, 0.1) is 0 Å². The molecule has 3 aliphatic heterocycles. The van der Waals surface area contributed by atoms with Gasteiger partial charge in [-0.3, -0.25) is 19.3 Å². The van der Waals surface area contributed by atoms with Crippen LogP contribution in [0.25, 0.3) is 0 Å². The van der Waals surface area contributed by atoms with Gasteiger partial charge in [0.2, 0.25) is 0 Å². The fourth-order valence-electron chi connectivity index (χ4n) is 4.12. The van der Waals surface area contributed by atoms with Gasteiger partial charge in [0.1, 0.15) is 0 Å². The molecule has 0 radical (unpaired) electrons. The Morgan fingerprint density at radius 3 is 2.19 bits per heavy atom. The van der Waals surface area contributed by atoms with Crippen LogP contribution in [0, 0.1) is 0 Å². The molecule has 4 amide bonds. The molecule has 0 atom stereocenters. The summed E-state index contributed by atoms with van der Waals surface area (Å²) in [6, 6.07) is 5.36. The molecule has 31 heavy (non-hydrogen) atoms. The standard InChI is InChI=1S/C21H25ClN4O5/c22-16-3-4-17(20(29)24-7-1-2-8-24)15(13-16)14-23-9-11-25(12-10-23)21(30)31-26-18(27)5-6-19(26)28/h3-4,13H,1-2,5-12,14H2. The number of nitrogens with zero attached hydrogens (tertiary/aromatic N) is 4.